The molecule has 1 aliphatic heterocycles. The maximum Gasteiger partial charge on any atom is 0.501 e. The molecule has 21 heavy (non-hydrogen) atoms. The summed E-state index contributed by atoms with van der Waals surface area (Å²) in [5.41, 5.74) is -5.13. The monoisotopic (exact) mass is 385 g/mol. The minimum Gasteiger partial charge on any atom is -0.370 e. The quantitative estimate of drug-likeness (QED) is 0.743. The first-order chi connectivity index (χ1) is 9.77. The highest BCUT2D eigenvalue weighted by atomic mass is 79.9. The van der Waals surface area contributed by atoms with Crippen molar-refractivity contribution in [1.82, 2.24) is 0 Å². The zero-order chi connectivity index (χ0) is 15.7. The van der Waals surface area contributed by atoms with Crippen LogP contribution >= 0.6 is 15.9 Å². The number of anilines is 1. The summed E-state index contributed by atoms with van der Waals surface area (Å²) in [7, 11) is -5.33. The number of rotatable bonds is 4. The molecule has 0 spiro atoms. The predicted octanol–water partition coefficient (Wildman–Crippen LogP) is 3.59. The van der Waals surface area contributed by atoms with Crippen molar-refractivity contribution in [3.63, 3.8) is 0 Å². The van der Waals surface area contributed by atoms with Crippen LogP contribution in [0.2, 0.25) is 0 Å². The lowest BCUT2D eigenvalue weighted by Gasteiger charge is -2.22. The summed E-state index contributed by atoms with van der Waals surface area (Å²) in [6.07, 6.45) is 1.77. The standard InChI is InChI=1S/C13H15BrF3NO2S/c14-7-5-10-6-8-18(9-10)11-3-1-2-4-12(11)21(19,20)13(15,16)17/h1-4,10H,5-9H2. The zero-order valence-corrected chi connectivity index (χ0v) is 13.5. The van der Waals surface area contributed by atoms with Crippen molar-refractivity contribution in [3.05, 3.63) is 24.3 Å². The lowest BCUT2D eigenvalue weighted by molar-refractivity contribution is -0.0435. The second kappa shape index (κ2) is 6.16. The molecule has 8 heteroatoms. The molecular formula is C13H15BrF3NO2S. The molecule has 1 aromatic rings. The number of nitrogens with zero attached hydrogens (tertiary/aromatic N) is 1. The molecule has 3 nitrogen and oxygen atoms in total. The molecule has 1 fully saturated rings. The van der Waals surface area contributed by atoms with E-state index < -0.39 is 20.2 Å². The molecule has 0 aliphatic carbocycles. The molecule has 0 N–H and O–H groups in total. The topological polar surface area (TPSA) is 37.4 Å². The fraction of sp³-hybridized carbons (Fsp3) is 0.538. The molecule has 1 aromatic carbocycles. The van der Waals surface area contributed by atoms with E-state index in [0.29, 0.717) is 19.0 Å². The summed E-state index contributed by atoms with van der Waals surface area (Å²) < 4.78 is 61.7. The summed E-state index contributed by atoms with van der Waals surface area (Å²) in [5.74, 6) is 0.367. The van der Waals surface area contributed by atoms with Crippen molar-refractivity contribution in [2.45, 2.75) is 23.2 Å². The molecule has 0 saturated carbocycles. The molecule has 1 aliphatic rings. The van der Waals surface area contributed by atoms with Crippen molar-refractivity contribution < 1.29 is 21.6 Å². The van der Waals surface area contributed by atoms with Gasteiger partial charge in [0, 0.05) is 18.4 Å². The molecule has 0 amide bonds. The number of sulfone groups is 1. The van der Waals surface area contributed by atoms with Gasteiger partial charge in [-0.1, -0.05) is 28.1 Å². The van der Waals surface area contributed by atoms with Crippen LogP contribution in [0.1, 0.15) is 12.8 Å². The SMILES string of the molecule is O=S(=O)(c1ccccc1N1CCC(CCBr)C1)C(F)(F)F. The summed E-state index contributed by atoms with van der Waals surface area (Å²) >= 11 is 3.34. The Kier molecular flexibility index (Phi) is 4.87. The van der Waals surface area contributed by atoms with E-state index in [1.165, 1.54) is 12.1 Å². The molecular weight excluding hydrogens is 371 g/mol. The van der Waals surface area contributed by atoms with Crippen LogP contribution in [0, 0.1) is 5.92 Å². The minimum atomic E-state index is -5.33. The third-order valence-corrected chi connectivity index (χ3v) is 5.59. The van der Waals surface area contributed by atoms with Gasteiger partial charge < -0.3 is 4.90 Å². The van der Waals surface area contributed by atoms with Crippen LogP contribution in [0.5, 0.6) is 0 Å². The second-order valence-electron chi connectivity index (χ2n) is 5.00. The van der Waals surface area contributed by atoms with E-state index in [2.05, 4.69) is 15.9 Å². The molecule has 1 atom stereocenters. The summed E-state index contributed by atoms with van der Waals surface area (Å²) in [4.78, 5) is 1.07. The van der Waals surface area contributed by atoms with Gasteiger partial charge in [0.15, 0.2) is 0 Å². The molecule has 118 valence electrons. The van der Waals surface area contributed by atoms with Crippen LogP contribution in [-0.2, 0) is 9.84 Å². The molecule has 0 aromatic heterocycles. The Labute approximate surface area is 130 Å². The highest BCUT2D eigenvalue weighted by molar-refractivity contribution is 9.09. The third-order valence-electron chi connectivity index (χ3n) is 3.60. The molecule has 2 rings (SSSR count). The number of hydrogen-bond donors (Lipinski definition) is 0. The van der Waals surface area contributed by atoms with E-state index in [1.54, 1.807) is 11.0 Å². The maximum atomic E-state index is 12.8. The highest BCUT2D eigenvalue weighted by Crippen LogP contribution is 2.37. The lowest BCUT2D eigenvalue weighted by atomic mass is 10.1. The van der Waals surface area contributed by atoms with Crippen LogP contribution in [0.3, 0.4) is 0 Å². The fourth-order valence-corrected chi connectivity index (χ4v) is 4.14. The molecule has 1 saturated heterocycles. The Hall–Kier alpha value is -0.760. The van der Waals surface area contributed by atoms with Crippen molar-refractivity contribution in [2.24, 2.45) is 5.92 Å². The zero-order valence-electron chi connectivity index (χ0n) is 11.1. The Morgan fingerprint density at radius 2 is 1.95 bits per heavy atom. The normalized spacial score (nSPS) is 20.0. The number of benzene rings is 1. The smallest absolute Gasteiger partial charge is 0.370 e. The predicted molar refractivity (Wildman–Crippen MR) is 78.4 cm³/mol. The van der Waals surface area contributed by atoms with Gasteiger partial charge in [0.1, 0.15) is 0 Å². The number of para-hydroxylation sites is 1. The lowest BCUT2D eigenvalue weighted by Crippen LogP contribution is -2.27. The molecule has 0 radical (unpaired) electrons. The molecule has 0 bridgehead atoms. The van der Waals surface area contributed by atoms with Crippen molar-refractivity contribution >= 4 is 31.5 Å². The van der Waals surface area contributed by atoms with Crippen LogP contribution in [0.15, 0.2) is 29.2 Å². The largest absolute Gasteiger partial charge is 0.501 e. The summed E-state index contributed by atoms with van der Waals surface area (Å²) in [5, 5.41) is 0.827. The Morgan fingerprint density at radius 1 is 1.29 bits per heavy atom. The van der Waals surface area contributed by atoms with Crippen LogP contribution < -0.4 is 4.90 Å². The van der Waals surface area contributed by atoms with E-state index in [4.69, 9.17) is 0 Å². The Balaban J connectivity index is 2.35. The molecule has 1 heterocycles. The van der Waals surface area contributed by atoms with E-state index in [-0.39, 0.29) is 5.69 Å². The van der Waals surface area contributed by atoms with Gasteiger partial charge in [0.25, 0.3) is 9.84 Å². The number of alkyl halides is 4. The van der Waals surface area contributed by atoms with Crippen molar-refractivity contribution in [3.8, 4) is 0 Å². The van der Waals surface area contributed by atoms with Gasteiger partial charge in [-0.25, -0.2) is 8.42 Å². The average molecular weight is 386 g/mol. The minimum absolute atomic E-state index is 0.145. The molecule has 1 unspecified atom stereocenters. The first-order valence-electron chi connectivity index (χ1n) is 6.48. The van der Waals surface area contributed by atoms with Gasteiger partial charge in [0.05, 0.1) is 10.6 Å². The average Bonchev–Trinajstić information content (AvgIpc) is 2.86. The van der Waals surface area contributed by atoms with E-state index in [0.717, 1.165) is 24.2 Å². The van der Waals surface area contributed by atoms with Crippen LogP contribution in [0.4, 0.5) is 18.9 Å². The highest BCUT2D eigenvalue weighted by Gasteiger charge is 2.48. The number of halogens is 4. The van der Waals surface area contributed by atoms with Gasteiger partial charge in [-0.2, -0.15) is 13.2 Å². The van der Waals surface area contributed by atoms with Gasteiger partial charge in [-0.3, -0.25) is 0 Å². The first kappa shape index (κ1) is 16.6. The van der Waals surface area contributed by atoms with Crippen LogP contribution in [0.25, 0.3) is 0 Å². The number of hydrogen-bond acceptors (Lipinski definition) is 3. The van der Waals surface area contributed by atoms with E-state index in [9.17, 15) is 21.6 Å². The van der Waals surface area contributed by atoms with Gasteiger partial charge in [-0.15, -0.1) is 0 Å². The maximum absolute atomic E-state index is 12.8. The summed E-state index contributed by atoms with van der Waals surface area (Å²) in [6.45, 7) is 1.15. The van der Waals surface area contributed by atoms with E-state index >= 15 is 0 Å². The van der Waals surface area contributed by atoms with Crippen molar-refractivity contribution in [1.29, 1.82) is 0 Å². The third kappa shape index (κ3) is 3.36. The van der Waals surface area contributed by atoms with Crippen LogP contribution in [-0.4, -0.2) is 32.3 Å². The van der Waals surface area contributed by atoms with Gasteiger partial charge in [0.2, 0.25) is 0 Å². The van der Waals surface area contributed by atoms with Crippen molar-refractivity contribution in [2.75, 3.05) is 23.3 Å². The summed E-state index contributed by atoms with van der Waals surface area (Å²) in [6, 6.07) is 5.34. The van der Waals surface area contributed by atoms with Gasteiger partial charge in [-0.05, 0) is 30.9 Å². The Bertz CT molecular complexity index is 604. The van der Waals surface area contributed by atoms with Gasteiger partial charge >= 0.3 is 5.51 Å². The first-order valence-corrected chi connectivity index (χ1v) is 9.09. The van der Waals surface area contributed by atoms with E-state index in [1.807, 2.05) is 0 Å². The second-order valence-corrected chi connectivity index (χ2v) is 7.70. The fourth-order valence-electron chi connectivity index (χ4n) is 2.51. The Morgan fingerprint density at radius 3 is 2.57 bits per heavy atom.